The molecule has 0 radical (unpaired) electrons. The molecule has 0 unspecified atom stereocenters. The third-order valence-corrected chi connectivity index (χ3v) is 1.89. The van der Waals surface area contributed by atoms with Crippen molar-refractivity contribution in [2.24, 2.45) is 0 Å². The Morgan fingerprint density at radius 3 is 1.71 bits per heavy atom. The molecule has 0 amide bonds. The van der Waals surface area contributed by atoms with Crippen molar-refractivity contribution < 1.29 is 9.68 Å². The summed E-state index contributed by atoms with van der Waals surface area (Å²) in [4.78, 5) is 10.3. The van der Waals surface area contributed by atoms with Gasteiger partial charge in [-0.05, 0) is 24.3 Å². The average Bonchev–Trinajstić information content (AvgIpc) is 2.29. The highest BCUT2D eigenvalue weighted by Crippen LogP contribution is 2.15. The van der Waals surface area contributed by atoms with E-state index in [1.165, 1.54) is 0 Å². The Balaban J connectivity index is 1.81. The van der Waals surface area contributed by atoms with Gasteiger partial charge in [0.15, 0.2) is 0 Å². The summed E-state index contributed by atoms with van der Waals surface area (Å²) in [5, 5.41) is 0. The van der Waals surface area contributed by atoms with Crippen LogP contribution in [0.5, 0.6) is 0 Å². The summed E-state index contributed by atoms with van der Waals surface area (Å²) >= 11 is 0. The van der Waals surface area contributed by atoms with E-state index < -0.39 is 0 Å². The Hall–Kier alpha value is -1.84. The lowest BCUT2D eigenvalue weighted by Gasteiger charge is -2.14. The van der Waals surface area contributed by atoms with Crippen molar-refractivity contribution in [2.45, 2.75) is 12.8 Å². The van der Waals surface area contributed by atoms with Crippen molar-refractivity contribution in [2.75, 3.05) is 0 Å². The molecule has 2 aliphatic rings. The molecule has 2 rings (SSSR count). The molecule has 4 heteroatoms. The van der Waals surface area contributed by atoms with Crippen LogP contribution in [0.4, 0.5) is 0 Å². The highest BCUT2D eigenvalue weighted by Gasteiger charge is 2.05. The fraction of sp³-hybridized carbons (Fsp3) is 0.200. The van der Waals surface area contributed by atoms with E-state index in [0.717, 1.165) is 24.4 Å². The minimum atomic E-state index is 0.818. The topological polar surface area (TPSA) is 42.5 Å². The van der Waals surface area contributed by atoms with Gasteiger partial charge < -0.3 is 9.68 Å². The standard InChI is InChI=1S/C10H12N2O2/c1-3-9(13-11-7-1)5-6-10-4-2-8-12-14-10/h1-4,7-8,11-12H,5-6H2. The van der Waals surface area contributed by atoms with Gasteiger partial charge in [0.25, 0.3) is 0 Å². The first kappa shape index (κ1) is 8.74. The van der Waals surface area contributed by atoms with Gasteiger partial charge in [-0.15, -0.1) is 0 Å². The monoisotopic (exact) mass is 192 g/mol. The van der Waals surface area contributed by atoms with E-state index in [-0.39, 0.29) is 0 Å². The lowest BCUT2D eigenvalue weighted by Crippen LogP contribution is -2.12. The van der Waals surface area contributed by atoms with Gasteiger partial charge in [-0.1, -0.05) is 0 Å². The highest BCUT2D eigenvalue weighted by atomic mass is 16.7. The van der Waals surface area contributed by atoms with Gasteiger partial charge in [-0.25, -0.2) is 11.0 Å². The fourth-order valence-electron chi connectivity index (χ4n) is 1.19. The average molecular weight is 192 g/mol. The Labute approximate surface area is 82.5 Å². The molecule has 0 aliphatic carbocycles. The largest absolute Gasteiger partial charge is 0.387 e. The van der Waals surface area contributed by atoms with Crippen molar-refractivity contribution in [3.05, 3.63) is 48.2 Å². The number of hydrogen-bond acceptors (Lipinski definition) is 4. The molecule has 0 aromatic carbocycles. The molecule has 0 atom stereocenters. The summed E-state index contributed by atoms with van der Waals surface area (Å²) in [6.07, 6.45) is 12.8. The lowest BCUT2D eigenvalue weighted by molar-refractivity contribution is 0.112. The third-order valence-electron chi connectivity index (χ3n) is 1.89. The van der Waals surface area contributed by atoms with Gasteiger partial charge in [0, 0.05) is 25.2 Å². The van der Waals surface area contributed by atoms with Crippen LogP contribution in [-0.2, 0) is 9.68 Å². The Bertz CT molecular complexity index is 284. The fourth-order valence-corrected chi connectivity index (χ4v) is 1.19. The van der Waals surface area contributed by atoms with Gasteiger partial charge >= 0.3 is 0 Å². The second-order valence-electron chi connectivity index (χ2n) is 2.92. The van der Waals surface area contributed by atoms with E-state index >= 15 is 0 Å². The van der Waals surface area contributed by atoms with Gasteiger partial charge in [-0.3, -0.25) is 0 Å². The quantitative estimate of drug-likeness (QED) is 0.713. The Kier molecular flexibility index (Phi) is 2.76. The molecule has 4 nitrogen and oxygen atoms in total. The summed E-state index contributed by atoms with van der Waals surface area (Å²) in [5.74, 6) is 1.82. The first-order valence-corrected chi connectivity index (χ1v) is 4.51. The zero-order valence-corrected chi connectivity index (χ0v) is 7.69. The van der Waals surface area contributed by atoms with E-state index in [0.29, 0.717) is 0 Å². The molecule has 2 heterocycles. The zero-order chi connectivity index (χ0) is 9.64. The number of allylic oxidation sites excluding steroid dienone is 6. The molecule has 0 saturated heterocycles. The third kappa shape index (κ3) is 2.32. The molecule has 14 heavy (non-hydrogen) atoms. The molecule has 0 aromatic rings. The summed E-state index contributed by atoms with van der Waals surface area (Å²) in [6, 6.07) is 0. The maximum atomic E-state index is 5.17. The predicted molar refractivity (Wildman–Crippen MR) is 52.1 cm³/mol. The molecule has 0 spiro atoms. The highest BCUT2D eigenvalue weighted by molar-refractivity contribution is 5.13. The lowest BCUT2D eigenvalue weighted by atomic mass is 10.2. The van der Waals surface area contributed by atoms with Crippen molar-refractivity contribution in [3.8, 4) is 0 Å². The molecule has 0 aromatic heterocycles. The van der Waals surface area contributed by atoms with Crippen LogP contribution in [-0.4, -0.2) is 0 Å². The van der Waals surface area contributed by atoms with Crippen molar-refractivity contribution >= 4 is 0 Å². The van der Waals surface area contributed by atoms with Crippen molar-refractivity contribution in [1.29, 1.82) is 0 Å². The smallest absolute Gasteiger partial charge is 0.132 e. The van der Waals surface area contributed by atoms with Crippen LogP contribution >= 0.6 is 0 Å². The number of nitrogens with one attached hydrogen (secondary N) is 2. The van der Waals surface area contributed by atoms with E-state index in [4.69, 9.17) is 9.68 Å². The molecule has 0 bridgehead atoms. The molecular weight excluding hydrogens is 180 g/mol. The predicted octanol–water partition coefficient (Wildman–Crippen LogP) is 1.63. The normalized spacial score (nSPS) is 18.3. The number of hydrogen-bond donors (Lipinski definition) is 2. The Morgan fingerprint density at radius 1 is 0.857 bits per heavy atom. The van der Waals surface area contributed by atoms with E-state index in [1.54, 1.807) is 12.4 Å². The molecule has 74 valence electrons. The van der Waals surface area contributed by atoms with Crippen molar-refractivity contribution in [3.63, 3.8) is 0 Å². The zero-order valence-electron chi connectivity index (χ0n) is 7.69. The molecule has 2 N–H and O–H groups in total. The van der Waals surface area contributed by atoms with Crippen LogP contribution in [0, 0.1) is 0 Å². The first-order valence-electron chi connectivity index (χ1n) is 4.51. The van der Waals surface area contributed by atoms with Crippen molar-refractivity contribution in [1.82, 2.24) is 11.0 Å². The van der Waals surface area contributed by atoms with Crippen LogP contribution in [0.2, 0.25) is 0 Å². The summed E-state index contributed by atoms with van der Waals surface area (Å²) < 4.78 is 0. The van der Waals surface area contributed by atoms with Gasteiger partial charge in [0.1, 0.15) is 11.5 Å². The summed E-state index contributed by atoms with van der Waals surface area (Å²) in [7, 11) is 0. The SMILES string of the molecule is C1=CNOC(CCC2=CC=CNO2)=C1. The van der Waals surface area contributed by atoms with Gasteiger partial charge in [-0.2, -0.15) is 0 Å². The van der Waals surface area contributed by atoms with E-state index in [2.05, 4.69) is 11.0 Å². The number of hydroxylamine groups is 2. The van der Waals surface area contributed by atoms with Gasteiger partial charge in [0.2, 0.25) is 0 Å². The van der Waals surface area contributed by atoms with Crippen LogP contribution in [0.1, 0.15) is 12.8 Å². The molecule has 0 saturated carbocycles. The number of rotatable bonds is 3. The van der Waals surface area contributed by atoms with Crippen LogP contribution in [0.25, 0.3) is 0 Å². The van der Waals surface area contributed by atoms with Crippen LogP contribution in [0.3, 0.4) is 0 Å². The minimum Gasteiger partial charge on any atom is -0.387 e. The van der Waals surface area contributed by atoms with E-state index in [9.17, 15) is 0 Å². The first-order chi connectivity index (χ1) is 6.95. The van der Waals surface area contributed by atoms with E-state index in [1.807, 2.05) is 24.3 Å². The summed E-state index contributed by atoms with van der Waals surface area (Å²) in [6.45, 7) is 0. The maximum absolute atomic E-state index is 5.17. The maximum Gasteiger partial charge on any atom is 0.132 e. The Morgan fingerprint density at radius 2 is 1.36 bits per heavy atom. The molecular formula is C10H12N2O2. The van der Waals surface area contributed by atoms with Gasteiger partial charge in [0.05, 0.1) is 0 Å². The van der Waals surface area contributed by atoms with Crippen LogP contribution in [0.15, 0.2) is 48.2 Å². The second kappa shape index (κ2) is 4.41. The second-order valence-corrected chi connectivity index (χ2v) is 2.92. The van der Waals surface area contributed by atoms with Crippen LogP contribution < -0.4 is 11.0 Å². The molecule has 0 fully saturated rings. The molecule has 2 aliphatic heterocycles. The summed E-state index contributed by atoms with van der Waals surface area (Å²) in [5.41, 5.74) is 5.37. The minimum absolute atomic E-state index is 0.818.